The van der Waals surface area contributed by atoms with Gasteiger partial charge in [0.1, 0.15) is 23.1 Å². The first-order valence-electron chi connectivity index (χ1n) is 17.8. The lowest BCUT2D eigenvalue weighted by atomic mass is 10.1. The van der Waals surface area contributed by atoms with Crippen molar-refractivity contribution in [2.75, 3.05) is 13.7 Å². The van der Waals surface area contributed by atoms with E-state index in [1.165, 1.54) is 0 Å². The number of hydrogen-bond donors (Lipinski definition) is 3. The fourth-order valence-electron chi connectivity index (χ4n) is 6.47. The van der Waals surface area contributed by atoms with Crippen LogP contribution in [-0.2, 0) is 24.4 Å². The average molecular weight is 721 g/mol. The molecule has 51 heavy (non-hydrogen) atoms. The molecule has 0 spiro atoms. The second-order valence-electron chi connectivity index (χ2n) is 14.5. The molecular formula is C37H48N6O7S. The molecule has 14 heteroatoms. The SMILES string of the molecule is COc1ccc2c(OCC[C@@H]3NC(=O)CCCCCC=C[C@@H]4C[C@@]4(C(=O)NS(=O)(=O)C4(C)CC4)NC3=O)cc(-n3ccc(C(C)C)n3)nc2c1C. The van der Waals surface area contributed by atoms with E-state index in [1.54, 1.807) is 24.8 Å². The van der Waals surface area contributed by atoms with Crippen LogP contribution in [0.15, 0.2) is 42.6 Å². The van der Waals surface area contributed by atoms with Gasteiger partial charge in [0, 0.05) is 42.0 Å². The molecule has 2 aromatic heterocycles. The molecule has 3 heterocycles. The number of aryl methyl sites for hydroxylation is 1. The van der Waals surface area contributed by atoms with Crippen LogP contribution in [0, 0.1) is 12.8 Å². The maximum Gasteiger partial charge on any atom is 0.259 e. The zero-order valence-corrected chi connectivity index (χ0v) is 30.8. The van der Waals surface area contributed by atoms with Crippen LogP contribution in [0.3, 0.4) is 0 Å². The summed E-state index contributed by atoms with van der Waals surface area (Å²) in [7, 11) is -2.33. The van der Waals surface area contributed by atoms with Gasteiger partial charge in [0.2, 0.25) is 21.8 Å². The highest BCUT2D eigenvalue weighted by molar-refractivity contribution is 7.91. The lowest BCUT2D eigenvalue weighted by Gasteiger charge is -2.25. The van der Waals surface area contributed by atoms with Crippen LogP contribution in [0.4, 0.5) is 0 Å². The van der Waals surface area contributed by atoms with Crippen molar-refractivity contribution in [3.8, 4) is 17.3 Å². The average Bonchev–Trinajstić information content (AvgIpc) is 3.95. The molecule has 0 unspecified atom stereocenters. The number of benzene rings is 1. The van der Waals surface area contributed by atoms with Crippen LogP contribution >= 0.6 is 0 Å². The molecule has 1 aliphatic heterocycles. The third-order valence-corrected chi connectivity index (χ3v) is 12.5. The van der Waals surface area contributed by atoms with Crippen molar-refractivity contribution in [3.05, 3.63) is 53.9 Å². The van der Waals surface area contributed by atoms with Crippen molar-refractivity contribution < 1.29 is 32.3 Å². The smallest absolute Gasteiger partial charge is 0.259 e. The molecule has 0 saturated heterocycles. The molecule has 2 aliphatic carbocycles. The number of rotatable bonds is 10. The van der Waals surface area contributed by atoms with E-state index >= 15 is 0 Å². The number of methoxy groups -OCH3 is 1. The minimum absolute atomic E-state index is 0.0353. The zero-order chi connectivity index (χ0) is 36.6. The van der Waals surface area contributed by atoms with Gasteiger partial charge in [-0.2, -0.15) is 5.10 Å². The monoisotopic (exact) mass is 720 g/mol. The standard InChI is InChI=1S/C37H48N6O7S/c1-23(2)27-15-19-43(41-27)31-21-30(26-13-14-29(49-5)24(3)33(26)39-31)50-20-16-28-34(45)40-37(35(46)42-51(47,48)36(4)17-18-36)22-25(37)11-9-7-6-8-10-12-32(44)38-28/h9,11,13-15,19,21,23,25,28H,6-8,10,12,16-18,20,22H2,1-5H3,(H,38,44)(H,40,45)(H,42,46)/t25-,28+,37-/m1/s1. The first-order chi connectivity index (χ1) is 24.3. The van der Waals surface area contributed by atoms with E-state index in [2.05, 4.69) is 29.2 Å². The van der Waals surface area contributed by atoms with Gasteiger partial charge in [0.25, 0.3) is 5.91 Å². The summed E-state index contributed by atoms with van der Waals surface area (Å²) in [5, 5.41) is 11.1. The first-order valence-corrected chi connectivity index (χ1v) is 19.3. The number of sulfonamides is 1. The highest BCUT2D eigenvalue weighted by Crippen LogP contribution is 2.47. The van der Waals surface area contributed by atoms with Gasteiger partial charge in [-0.1, -0.05) is 32.4 Å². The van der Waals surface area contributed by atoms with Crippen molar-refractivity contribution in [1.82, 2.24) is 30.1 Å². The second kappa shape index (κ2) is 14.3. The van der Waals surface area contributed by atoms with E-state index in [9.17, 15) is 22.8 Å². The van der Waals surface area contributed by atoms with Crippen LogP contribution in [-0.4, -0.2) is 70.9 Å². The molecule has 3 aliphatic rings. The van der Waals surface area contributed by atoms with Gasteiger partial charge in [-0.15, -0.1) is 0 Å². The fraction of sp³-hybridized carbons (Fsp3) is 0.541. The highest BCUT2D eigenvalue weighted by Gasteiger charge is 2.62. The van der Waals surface area contributed by atoms with Gasteiger partial charge in [-0.3, -0.25) is 19.1 Å². The largest absolute Gasteiger partial charge is 0.496 e. The number of carbonyl (C=O) groups is 3. The van der Waals surface area contributed by atoms with E-state index in [4.69, 9.17) is 19.6 Å². The molecule has 6 rings (SSSR count). The van der Waals surface area contributed by atoms with Crippen molar-refractivity contribution >= 4 is 38.6 Å². The number of hydrogen-bond acceptors (Lipinski definition) is 9. The molecule has 2 fully saturated rings. The minimum Gasteiger partial charge on any atom is -0.496 e. The zero-order valence-electron chi connectivity index (χ0n) is 30.0. The summed E-state index contributed by atoms with van der Waals surface area (Å²) < 4.78 is 40.9. The normalized spacial score (nSPS) is 23.5. The van der Waals surface area contributed by atoms with Crippen molar-refractivity contribution in [2.24, 2.45) is 5.92 Å². The first kappa shape index (κ1) is 36.3. The Balaban J connectivity index is 1.25. The Morgan fingerprint density at radius 1 is 1.14 bits per heavy atom. The van der Waals surface area contributed by atoms with E-state index in [-0.39, 0.29) is 43.6 Å². The molecule has 3 atom stereocenters. The number of carbonyl (C=O) groups excluding carboxylic acids is 3. The van der Waals surface area contributed by atoms with Crippen LogP contribution in [0.5, 0.6) is 11.5 Å². The highest BCUT2D eigenvalue weighted by atomic mass is 32.2. The molecule has 3 aromatic rings. The number of allylic oxidation sites excluding steroid dienone is 1. The summed E-state index contributed by atoms with van der Waals surface area (Å²) in [5.74, 6) is -0.0419. The molecule has 13 nitrogen and oxygen atoms in total. The molecule has 2 saturated carbocycles. The predicted octanol–water partition coefficient (Wildman–Crippen LogP) is 4.51. The maximum absolute atomic E-state index is 13.9. The van der Waals surface area contributed by atoms with E-state index in [0.29, 0.717) is 42.1 Å². The molecule has 3 N–H and O–H groups in total. The van der Waals surface area contributed by atoms with Gasteiger partial charge in [-0.25, -0.2) is 18.1 Å². The van der Waals surface area contributed by atoms with Crippen LogP contribution in [0.2, 0.25) is 0 Å². The number of amides is 3. The van der Waals surface area contributed by atoms with E-state index in [0.717, 1.165) is 35.9 Å². The lowest BCUT2D eigenvalue weighted by Crippen LogP contribution is -2.57. The quantitative estimate of drug-likeness (QED) is 0.255. The summed E-state index contributed by atoms with van der Waals surface area (Å²) in [6, 6.07) is 6.40. The summed E-state index contributed by atoms with van der Waals surface area (Å²) in [6.45, 7) is 7.69. The molecular weight excluding hydrogens is 673 g/mol. The Bertz CT molecular complexity index is 1970. The number of pyridine rings is 1. The Morgan fingerprint density at radius 2 is 1.92 bits per heavy atom. The molecule has 3 amide bonds. The van der Waals surface area contributed by atoms with Gasteiger partial charge >= 0.3 is 0 Å². The second-order valence-corrected chi connectivity index (χ2v) is 16.7. The maximum atomic E-state index is 13.9. The lowest BCUT2D eigenvalue weighted by molar-refractivity contribution is -0.132. The van der Waals surface area contributed by atoms with Crippen molar-refractivity contribution in [1.29, 1.82) is 0 Å². The summed E-state index contributed by atoms with van der Waals surface area (Å²) in [4.78, 5) is 45.5. The van der Waals surface area contributed by atoms with Crippen molar-refractivity contribution in [3.63, 3.8) is 0 Å². The third kappa shape index (κ3) is 7.61. The number of nitrogens with one attached hydrogen (secondary N) is 3. The summed E-state index contributed by atoms with van der Waals surface area (Å²) in [6.07, 6.45) is 10.4. The van der Waals surface area contributed by atoms with Crippen LogP contribution < -0.4 is 24.8 Å². The van der Waals surface area contributed by atoms with E-state index in [1.807, 2.05) is 43.5 Å². The number of ether oxygens (including phenoxy) is 2. The molecule has 0 radical (unpaired) electrons. The van der Waals surface area contributed by atoms with Gasteiger partial charge in [-0.05, 0) is 76.5 Å². The summed E-state index contributed by atoms with van der Waals surface area (Å²) in [5.41, 5.74) is 0.968. The van der Waals surface area contributed by atoms with Crippen molar-refractivity contribution in [2.45, 2.75) is 108 Å². The van der Waals surface area contributed by atoms with Gasteiger partial charge in [0.15, 0.2) is 5.82 Å². The third-order valence-electron chi connectivity index (χ3n) is 10.3. The van der Waals surface area contributed by atoms with Gasteiger partial charge < -0.3 is 20.1 Å². The Labute approximate surface area is 299 Å². The Morgan fingerprint density at radius 3 is 2.63 bits per heavy atom. The molecule has 274 valence electrons. The van der Waals surface area contributed by atoms with Crippen LogP contribution in [0.1, 0.15) is 95.7 Å². The van der Waals surface area contributed by atoms with Crippen LogP contribution in [0.25, 0.3) is 16.7 Å². The predicted molar refractivity (Wildman–Crippen MR) is 192 cm³/mol. The molecule has 1 aromatic carbocycles. The fourth-order valence-corrected chi connectivity index (χ4v) is 7.79. The Kier molecular flexibility index (Phi) is 10.2. The van der Waals surface area contributed by atoms with E-state index < -0.39 is 38.2 Å². The summed E-state index contributed by atoms with van der Waals surface area (Å²) >= 11 is 0. The topological polar surface area (TPSA) is 171 Å². The van der Waals surface area contributed by atoms with Gasteiger partial charge in [0.05, 0.1) is 29.7 Å². The number of fused-ring (bicyclic) bond motifs is 2. The number of aromatic nitrogens is 3. The minimum atomic E-state index is -3.93. The number of nitrogens with zero attached hydrogens (tertiary/aromatic N) is 3. The Hall–Kier alpha value is -4.46. The molecule has 0 bridgehead atoms.